The van der Waals surface area contributed by atoms with Crippen LogP contribution in [0.2, 0.25) is 0 Å². The van der Waals surface area contributed by atoms with Crippen molar-refractivity contribution in [2.24, 2.45) is 5.41 Å². The lowest BCUT2D eigenvalue weighted by Gasteiger charge is -2.37. The summed E-state index contributed by atoms with van der Waals surface area (Å²) in [4.78, 5) is 15.8. The minimum Gasteiger partial charge on any atom is -0.338 e. The van der Waals surface area contributed by atoms with Crippen LogP contribution in [0.5, 0.6) is 0 Å². The number of carbonyl (C=O) groups is 1. The molecule has 2 rings (SSSR count). The summed E-state index contributed by atoms with van der Waals surface area (Å²) >= 11 is 1.61. The van der Waals surface area contributed by atoms with Crippen molar-refractivity contribution in [2.75, 3.05) is 13.1 Å². The first-order valence-corrected chi connectivity index (χ1v) is 8.68. The van der Waals surface area contributed by atoms with E-state index in [1.807, 2.05) is 41.5 Å². The van der Waals surface area contributed by atoms with Crippen molar-refractivity contribution >= 4 is 22.8 Å². The van der Waals surface area contributed by atoms with Gasteiger partial charge in [0.2, 0.25) is 0 Å². The van der Waals surface area contributed by atoms with Crippen LogP contribution in [0.15, 0.2) is 42.3 Å². The maximum Gasteiger partial charge on any atom is 0.254 e. The molecular formula is C19H25NOS. The van der Waals surface area contributed by atoms with Crippen LogP contribution >= 0.6 is 11.3 Å². The Morgan fingerprint density at radius 3 is 2.86 bits per heavy atom. The molecule has 118 valence electrons. The van der Waals surface area contributed by atoms with E-state index in [0.29, 0.717) is 0 Å². The molecule has 1 fully saturated rings. The lowest BCUT2D eigenvalue weighted by molar-refractivity contribution is 0.0584. The standard InChI is InChI=1S/C19H25NOS/c1-5-8-15(9-6-2)17-12-16(13-22-17)18(21)20-11-7-10-19(3,4)14-20/h5-6,8-9,12-13H,1,7,10-11,14H2,2-4H3/b9-6-,15-8+. The SMILES string of the molecule is C=C/C=C(\C=C/C)c1cc(C(=O)N2CCCC(C)(C)C2)cs1. The Kier molecular flexibility index (Phi) is 5.41. The molecule has 0 saturated carbocycles. The zero-order chi connectivity index (χ0) is 16.2. The third-order valence-corrected chi connectivity index (χ3v) is 4.94. The highest BCUT2D eigenvalue weighted by Gasteiger charge is 2.29. The number of nitrogens with zero attached hydrogens (tertiary/aromatic N) is 1. The van der Waals surface area contributed by atoms with Gasteiger partial charge in [0.15, 0.2) is 0 Å². The molecule has 1 amide bonds. The van der Waals surface area contributed by atoms with Gasteiger partial charge in [-0.25, -0.2) is 0 Å². The molecular weight excluding hydrogens is 290 g/mol. The minimum absolute atomic E-state index is 0.161. The summed E-state index contributed by atoms with van der Waals surface area (Å²) in [5.74, 6) is 0.161. The molecule has 2 heterocycles. The summed E-state index contributed by atoms with van der Waals surface area (Å²) in [7, 11) is 0. The van der Waals surface area contributed by atoms with Crippen molar-refractivity contribution in [1.29, 1.82) is 0 Å². The van der Waals surface area contributed by atoms with Gasteiger partial charge in [-0.1, -0.05) is 44.7 Å². The number of carbonyl (C=O) groups excluding carboxylic acids is 1. The van der Waals surface area contributed by atoms with Crippen molar-refractivity contribution in [3.8, 4) is 0 Å². The molecule has 3 heteroatoms. The van der Waals surface area contributed by atoms with Gasteiger partial charge < -0.3 is 4.90 Å². The molecule has 0 N–H and O–H groups in total. The van der Waals surface area contributed by atoms with Crippen molar-refractivity contribution in [1.82, 2.24) is 4.90 Å². The molecule has 0 atom stereocenters. The number of amides is 1. The number of hydrogen-bond donors (Lipinski definition) is 0. The molecule has 1 aromatic heterocycles. The van der Waals surface area contributed by atoms with E-state index in [9.17, 15) is 4.79 Å². The first-order valence-electron chi connectivity index (χ1n) is 7.80. The van der Waals surface area contributed by atoms with E-state index in [2.05, 4.69) is 20.4 Å². The molecule has 0 bridgehead atoms. The maximum absolute atomic E-state index is 12.7. The van der Waals surface area contributed by atoms with Crippen molar-refractivity contribution < 1.29 is 4.79 Å². The number of allylic oxidation sites excluding steroid dienone is 5. The summed E-state index contributed by atoms with van der Waals surface area (Å²) in [6.45, 7) is 11.9. The normalized spacial score (nSPS) is 18.7. The van der Waals surface area contributed by atoms with Crippen molar-refractivity contribution in [2.45, 2.75) is 33.6 Å². The van der Waals surface area contributed by atoms with E-state index >= 15 is 0 Å². The first kappa shape index (κ1) is 16.8. The van der Waals surface area contributed by atoms with E-state index < -0.39 is 0 Å². The van der Waals surface area contributed by atoms with E-state index in [0.717, 1.165) is 35.5 Å². The third kappa shape index (κ3) is 3.98. The molecule has 0 spiro atoms. The van der Waals surface area contributed by atoms with Gasteiger partial charge in [-0.15, -0.1) is 11.3 Å². The summed E-state index contributed by atoms with van der Waals surface area (Å²) in [5.41, 5.74) is 2.13. The lowest BCUT2D eigenvalue weighted by atomic mass is 9.84. The van der Waals surface area contributed by atoms with Crippen LogP contribution in [0, 0.1) is 5.41 Å². The molecule has 0 unspecified atom stereocenters. The zero-order valence-corrected chi connectivity index (χ0v) is 14.6. The molecule has 1 saturated heterocycles. The van der Waals surface area contributed by atoms with Crippen LogP contribution in [0.3, 0.4) is 0 Å². The van der Waals surface area contributed by atoms with Gasteiger partial charge in [-0.2, -0.15) is 0 Å². The molecule has 0 aliphatic carbocycles. The Hall–Kier alpha value is -1.61. The van der Waals surface area contributed by atoms with Crippen LogP contribution in [-0.2, 0) is 0 Å². The Morgan fingerprint density at radius 1 is 1.45 bits per heavy atom. The summed E-state index contributed by atoms with van der Waals surface area (Å²) in [5, 5.41) is 1.97. The first-order chi connectivity index (χ1) is 10.5. The van der Waals surface area contributed by atoms with Gasteiger partial charge in [0.1, 0.15) is 0 Å². The van der Waals surface area contributed by atoms with Crippen LogP contribution in [0.4, 0.5) is 0 Å². The highest BCUT2D eigenvalue weighted by atomic mass is 32.1. The topological polar surface area (TPSA) is 20.3 Å². The van der Waals surface area contributed by atoms with Gasteiger partial charge >= 0.3 is 0 Å². The molecule has 0 aromatic carbocycles. The Labute approximate surface area is 137 Å². The number of likely N-dealkylation sites (tertiary alicyclic amines) is 1. The molecule has 0 radical (unpaired) electrons. The second kappa shape index (κ2) is 7.10. The number of thiophene rings is 1. The fourth-order valence-electron chi connectivity index (χ4n) is 2.91. The quantitative estimate of drug-likeness (QED) is 0.703. The predicted molar refractivity (Wildman–Crippen MR) is 96.2 cm³/mol. The van der Waals surface area contributed by atoms with Crippen LogP contribution < -0.4 is 0 Å². The van der Waals surface area contributed by atoms with Gasteiger partial charge in [-0.05, 0) is 36.8 Å². The number of hydrogen-bond acceptors (Lipinski definition) is 2. The molecule has 1 aliphatic rings. The van der Waals surface area contributed by atoms with Crippen molar-refractivity contribution in [3.63, 3.8) is 0 Å². The number of piperidine rings is 1. The second-order valence-corrected chi connectivity index (χ2v) is 7.46. The zero-order valence-electron chi connectivity index (χ0n) is 13.8. The Morgan fingerprint density at radius 2 is 2.23 bits per heavy atom. The molecule has 2 nitrogen and oxygen atoms in total. The smallest absolute Gasteiger partial charge is 0.254 e. The predicted octanol–water partition coefficient (Wildman–Crippen LogP) is 5.16. The fourth-order valence-corrected chi connectivity index (χ4v) is 3.80. The van der Waals surface area contributed by atoms with Crippen LogP contribution in [0.1, 0.15) is 48.8 Å². The highest BCUT2D eigenvalue weighted by molar-refractivity contribution is 7.11. The Balaban J connectivity index is 2.18. The maximum atomic E-state index is 12.7. The summed E-state index contributed by atoms with van der Waals surface area (Å²) in [6, 6.07) is 2.00. The molecule has 1 aliphatic heterocycles. The highest BCUT2D eigenvalue weighted by Crippen LogP contribution is 2.31. The van der Waals surface area contributed by atoms with Crippen molar-refractivity contribution in [3.05, 3.63) is 52.8 Å². The third-order valence-electron chi connectivity index (χ3n) is 3.96. The van der Waals surface area contributed by atoms with E-state index in [1.165, 1.54) is 6.42 Å². The number of rotatable bonds is 4. The van der Waals surface area contributed by atoms with Gasteiger partial charge in [-0.3, -0.25) is 4.79 Å². The van der Waals surface area contributed by atoms with E-state index in [1.54, 1.807) is 17.4 Å². The van der Waals surface area contributed by atoms with Crippen LogP contribution in [-0.4, -0.2) is 23.9 Å². The molecule has 22 heavy (non-hydrogen) atoms. The Bertz CT molecular complexity index is 607. The molecule has 1 aromatic rings. The minimum atomic E-state index is 0.161. The van der Waals surface area contributed by atoms with Gasteiger partial charge in [0.25, 0.3) is 5.91 Å². The van der Waals surface area contributed by atoms with Gasteiger partial charge in [0.05, 0.1) is 5.56 Å². The average molecular weight is 315 g/mol. The van der Waals surface area contributed by atoms with Gasteiger partial charge in [0, 0.05) is 23.3 Å². The second-order valence-electron chi connectivity index (χ2n) is 6.55. The largest absolute Gasteiger partial charge is 0.338 e. The lowest BCUT2D eigenvalue weighted by Crippen LogP contribution is -2.43. The monoisotopic (exact) mass is 315 g/mol. The van der Waals surface area contributed by atoms with Crippen LogP contribution in [0.25, 0.3) is 5.57 Å². The summed E-state index contributed by atoms with van der Waals surface area (Å²) < 4.78 is 0. The fraction of sp³-hybridized carbons (Fsp3) is 0.421. The van der Waals surface area contributed by atoms with E-state index in [-0.39, 0.29) is 11.3 Å². The average Bonchev–Trinajstić information content (AvgIpc) is 2.95. The summed E-state index contributed by atoms with van der Waals surface area (Å²) in [6.07, 6.45) is 10.1. The van der Waals surface area contributed by atoms with E-state index in [4.69, 9.17) is 0 Å².